The first-order valence-electron chi connectivity index (χ1n) is 5.43. The van der Waals surface area contributed by atoms with Crippen LogP contribution in [-0.4, -0.2) is 8.42 Å². The van der Waals surface area contributed by atoms with E-state index in [0.717, 1.165) is 10.0 Å². The Labute approximate surface area is 129 Å². The number of nitrogens with one attached hydrogen (secondary N) is 1. The van der Waals surface area contributed by atoms with Crippen molar-refractivity contribution in [2.75, 3.05) is 4.72 Å². The number of halogens is 2. The summed E-state index contributed by atoms with van der Waals surface area (Å²) in [6.07, 6.45) is 0. The van der Waals surface area contributed by atoms with Crippen molar-refractivity contribution < 1.29 is 8.42 Å². The summed E-state index contributed by atoms with van der Waals surface area (Å²) in [6, 6.07) is 12.2. The van der Waals surface area contributed by atoms with Gasteiger partial charge in [-0.1, -0.05) is 28.1 Å². The van der Waals surface area contributed by atoms with Gasteiger partial charge in [-0.2, -0.15) is 0 Å². The minimum absolute atomic E-state index is 0.206. The summed E-state index contributed by atoms with van der Waals surface area (Å²) in [7, 11) is -3.60. The van der Waals surface area contributed by atoms with Gasteiger partial charge in [0.25, 0.3) is 10.0 Å². The Hall–Kier alpha value is -0.850. The van der Waals surface area contributed by atoms with Gasteiger partial charge in [0.15, 0.2) is 0 Å². The predicted molar refractivity (Wildman–Crippen MR) is 83.8 cm³/mol. The smallest absolute Gasteiger partial charge is 0.263 e. The van der Waals surface area contributed by atoms with Crippen LogP contribution >= 0.6 is 31.9 Å². The molecule has 19 heavy (non-hydrogen) atoms. The summed E-state index contributed by atoms with van der Waals surface area (Å²) in [5.41, 5.74) is 1.55. The maximum atomic E-state index is 12.3. The average Bonchev–Trinajstić information content (AvgIpc) is 2.27. The molecule has 6 heteroatoms. The lowest BCUT2D eigenvalue weighted by Gasteiger charge is -2.10. The summed E-state index contributed by atoms with van der Waals surface area (Å²) in [4.78, 5) is 0.206. The molecule has 0 aliphatic rings. The zero-order chi connectivity index (χ0) is 14.0. The molecule has 0 radical (unpaired) electrons. The minimum Gasteiger partial charge on any atom is -0.280 e. The predicted octanol–water partition coefficient (Wildman–Crippen LogP) is 4.32. The molecule has 0 unspecified atom stereocenters. The highest BCUT2D eigenvalue weighted by Gasteiger charge is 2.17. The van der Waals surface area contributed by atoms with E-state index in [9.17, 15) is 8.42 Å². The fourth-order valence-electron chi connectivity index (χ4n) is 1.61. The molecule has 0 saturated heterocycles. The molecule has 0 aliphatic carbocycles. The third-order valence-corrected chi connectivity index (χ3v) is 5.30. The van der Waals surface area contributed by atoms with Crippen LogP contribution in [0.1, 0.15) is 5.56 Å². The van der Waals surface area contributed by atoms with E-state index in [1.54, 1.807) is 30.3 Å². The van der Waals surface area contributed by atoms with Gasteiger partial charge in [-0.15, -0.1) is 0 Å². The maximum absolute atomic E-state index is 12.3. The van der Waals surface area contributed by atoms with Gasteiger partial charge in [-0.05, 0) is 58.7 Å². The number of anilines is 1. The van der Waals surface area contributed by atoms with Crippen LogP contribution in [0.25, 0.3) is 0 Å². The summed E-state index contributed by atoms with van der Waals surface area (Å²) in [5.74, 6) is 0. The number of benzene rings is 2. The SMILES string of the molecule is Cc1cccc(NS(=O)(=O)c2ccc(Br)cc2Br)c1. The Kier molecular flexibility index (Phi) is 4.32. The number of hydrogen-bond donors (Lipinski definition) is 1. The van der Waals surface area contributed by atoms with Crippen LogP contribution in [0.5, 0.6) is 0 Å². The molecule has 0 amide bonds. The minimum atomic E-state index is -3.60. The molecule has 2 aromatic carbocycles. The van der Waals surface area contributed by atoms with Crippen molar-refractivity contribution in [3.05, 3.63) is 57.0 Å². The zero-order valence-corrected chi connectivity index (χ0v) is 14.0. The highest BCUT2D eigenvalue weighted by molar-refractivity contribution is 9.11. The average molecular weight is 405 g/mol. The zero-order valence-electron chi connectivity index (χ0n) is 10.0. The van der Waals surface area contributed by atoms with Gasteiger partial charge in [-0.25, -0.2) is 8.42 Å². The molecule has 2 rings (SSSR count). The molecule has 2 aromatic rings. The normalized spacial score (nSPS) is 11.3. The summed E-state index contributed by atoms with van der Waals surface area (Å²) >= 11 is 6.56. The lowest BCUT2D eigenvalue weighted by atomic mass is 10.2. The second kappa shape index (κ2) is 5.64. The molecule has 1 N–H and O–H groups in total. The van der Waals surface area contributed by atoms with Crippen molar-refractivity contribution in [1.29, 1.82) is 0 Å². The Morgan fingerprint density at radius 3 is 2.42 bits per heavy atom. The molecule has 3 nitrogen and oxygen atoms in total. The van der Waals surface area contributed by atoms with Crippen molar-refractivity contribution >= 4 is 47.6 Å². The summed E-state index contributed by atoms with van der Waals surface area (Å²) in [5, 5.41) is 0. The maximum Gasteiger partial charge on any atom is 0.263 e. The molecule has 0 aliphatic heterocycles. The molecule has 0 saturated carbocycles. The molecular weight excluding hydrogens is 394 g/mol. The van der Waals surface area contributed by atoms with Crippen molar-refractivity contribution in [3.63, 3.8) is 0 Å². The standard InChI is InChI=1S/C13H11Br2NO2S/c1-9-3-2-4-11(7-9)16-19(17,18)13-6-5-10(14)8-12(13)15/h2-8,16H,1H3. The van der Waals surface area contributed by atoms with E-state index in [1.165, 1.54) is 0 Å². The monoisotopic (exact) mass is 403 g/mol. The molecule has 0 heterocycles. The second-order valence-corrected chi connectivity index (χ2v) is 7.47. The van der Waals surface area contributed by atoms with E-state index in [0.29, 0.717) is 10.2 Å². The van der Waals surface area contributed by atoms with E-state index in [1.807, 2.05) is 19.1 Å². The Balaban J connectivity index is 2.38. The van der Waals surface area contributed by atoms with Gasteiger partial charge in [0.1, 0.15) is 4.90 Å². The van der Waals surface area contributed by atoms with Crippen molar-refractivity contribution in [2.45, 2.75) is 11.8 Å². The third-order valence-electron chi connectivity index (χ3n) is 2.45. The first-order chi connectivity index (χ1) is 8.88. The summed E-state index contributed by atoms with van der Waals surface area (Å²) in [6.45, 7) is 1.91. The van der Waals surface area contributed by atoms with Gasteiger partial charge in [-0.3, -0.25) is 4.72 Å². The lowest BCUT2D eigenvalue weighted by Crippen LogP contribution is -2.13. The van der Waals surface area contributed by atoms with Crippen LogP contribution in [-0.2, 0) is 10.0 Å². The van der Waals surface area contributed by atoms with Gasteiger partial charge in [0.05, 0.1) is 0 Å². The molecule has 0 spiro atoms. The Bertz CT molecular complexity index is 714. The molecule has 0 bridgehead atoms. The largest absolute Gasteiger partial charge is 0.280 e. The van der Waals surface area contributed by atoms with Gasteiger partial charge >= 0.3 is 0 Å². The van der Waals surface area contributed by atoms with E-state index in [2.05, 4.69) is 36.6 Å². The van der Waals surface area contributed by atoms with E-state index < -0.39 is 10.0 Å². The highest BCUT2D eigenvalue weighted by Crippen LogP contribution is 2.27. The van der Waals surface area contributed by atoms with Gasteiger partial charge in [0, 0.05) is 14.6 Å². The lowest BCUT2D eigenvalue weighted by molar-refractivity contribution is 0.600. The Morgan fingerprint density at radius 1 is 1.05 bits per heavy atom. The molecule has 0 atom stereocenters. The second-order valence-electron chi connectivity index (χ2n) is 4.05. The quantitative estimate of drug-likeness (QED) is 0.827. The Morgan fingerprint density at radius 2 is 1.79 bits per heavy atom. The van der Waals surface area contributed by atoms with E-state index in [4.69, 9.17) is 0 Å². The molecular formula is C13H11Br2NO2S. The van der Waals surface area contributed by atoms with Crippen LogP contribution < -0.4 is 4.72 Å². The van der Waals surface area contributed by atoms with Crippen LogP contribution in [0.15, 0.2) is 56.3 Å². The van der Waals surface area contributed by atoms with E-state index in [-0.39, 0.29) is 4.90 Å². The number of aryl methyl sites for hydroxylation is 1. The van der Waals surface area contributed by atoms with Crippen molar-refractivity contribution in [3.8, 4) is 0 Å². The first-order valence-corrected chi connectivity index (χ1v) is 8.50. The van der Waals surface area contributed by atoms with E-state index >= 15 is 0 Å². The van der Waals surface area contributed by atoms with Crippen LogP contribution in [0.2, 0.25) is 0 Å². The van der Waals surface area contributed by atoms with Crippen LogP contribution in [0.3, 0.4) is 0 Å². The fraction of sp³-hybridized carbons (Fsp3) is 0.0769. The van der Waals surface area contributed by atoms with Crippen LogP contribution in [0, 0.1) is 6.92 Å². The molecule has 0 aromatic heterocycles. The number of hydrogen-bond acceptors (Lipinski definition) is 2. The fourth-order valence-corrected chi connectivity index (χ4v) is 4.41. The summed E-state index contributed by atoms with van der Waals surface area (Å²) < 4.78 is 28.5. The molecule has 0 fully saturated rings. The van der Waals surface area contributed by atoms with Gasteiger partial charge < -0.3 is 0 Å². The molecule has 100 valence electrons. The van der Waals surface area contributed by atoms with Gasteiger partial charge in [0.2, 0.25) is 0 Å². The highest BCUT2D eigenvalue weighted by atomic mass is 79.9. The van der Waals surface area contributed by atoms with Crippen molar-refractivity contribution in [1.82, 2.24) is 0 Å². The topological polar surface area (TPSA) is 46.2 Å². The van der Waals surface area contributed by atoms with Crippen molar-refractivity contribution in [2.24, 2.45) is 0 Å². The first kappa shape index (κ1) is 14.6. The number of sulfonamides is 1. The third kappa shape index (κ3) is 3.58. The van der Waals surface area contributed by atoms with Crippen LogP contribution in [0.4, 0.5) is 5.69 Å². The number of rotatable bonds is 3.